The summed E-state index contributed by atoms with van der Waals surface area (Å²) >= 11 is 1.43. The van der Waals surface area contributed by atoms with Crippen molar-refractivity contribution in [3.63, 3.8) is 0 Å². The highest BCUT2D eigenvalue weighted by molar-refractivity contribution is 7.99. The zero-order chi connectivity index (χ0) is 17.1. The molecule has 1 atom stereocenters. The number of nitroso groups, excluding NO2 is 1. The topological polar surface area (TPSA) is 104 Å². The Labute approximate surface area is 142 Å². The van der Waals surface area contributed by atoms with Gasteiger partial charge in [-0.25, -0.2) is 4.98 Å². The second-order valence-electron chi connectivity index (χ2n) is 5.44. The van der Waals surface area contributed by atoms with Gasteiger partial charge >= 0.3 is 0 Å². The number of hydrogen-bond donors (Lipinski definition) is 2. The highest BCUT2D eigenvalue weighted by Gasteiger charge is 2.32. The number of thioether (sulfide) groups is 1. The lowest BCUT2D eigenvalue weighted by molar-refractivity contribution is -0.116. The van der Waals surface area contributed by atoms with E-state index >= 15 is 0 Å². The molecule has 1 aliphatic rings. The van der Waals surface area contributed by atoms with Crippen molar-refractivity contribution in [1.82, 2.24) is 9.97 Å². The van der Waals surface area contributed by atoms with Gasteiger partial charge in [0.15, 0.2) is 5.16 Å². The fourth-order valence-electron chi connectivity index (χ4n) is 2.75. The first-order valence-electron chi connectivity index (χ1n) is 7.63. The van der Waals surface area contributed by atoms with E-state index in [0.717, 1.165) is 12.2 Å². The van der Waals surface area contributed by atoms with E-state index < -0.39 is 5.92 Å². The number of aromatic nitrogens is 2. The van der Waals surface area contributed by atoms with Crippen LogP contribution < -0.4 is 10.9 Å². The molecule has 124 valence electrons. The number of nitrogens with zero attached hydrogens (tertiary/aromatic N) is 2. The fourth-order valence-corrected chi connectivity index (χ4v) is 3.47. The molecule has 2 N–H and O–H groups in total. The Kier molecular flexibility index (Phi) is 4.75. The number of nitrogens with one attached hydrogen (secondary N) is 2. The van der Waals surface area contributed by atoms with Crippen LogP contribution >= 0.6 is 11.8 Å². The summed E-state index contributed by atoms with van der Waals surface area (Å²) in [6.45, 7) is 2.03. The number of anilines is 1. The maximum absolute atomic E-state index is 12.6. The van der Waals surface area contributed by atoms with E-state index in [0.29, 0.717) is 16.3 Å². The van der Waals surface area contributed by atoms with Crippen LogP contribution in [0, 0.1) is 4.91 Å². The van der Waals surface area contributed by atoms with Gasteiger partial charge in [0.1, 0.15) is 11.5 Å². The second kappa shape index (κ2) is 6.96. The highest BCUT2D eigenvalue weighted by Crippen LogP contribution is 2.38. The first-order chi connectivity index (χ1) is 11.6. The Morgan fingerprint density at radius 1 is 1.33 bits per heavy atom. The van der Waals surface area contributed by atoms with E-state index in [9.17, 15) is 14.5 Å². The molecule has 24 heavy (non-hydrogen) atoms. The minimum atomic E-state index is -0.538. The van der Waals surface area contributed by atoms with Crippen molar-refractivity contribution >= 4 is 29.2 Å². The number of fused-ring (bicyclic) bond motifs is 1. The van der Waals surface area contributed by atoms with Gasteiger partial charge in [0, 0.05) is 18.1 Å². The maximum atomic E-state index is 12.6. The molecule has 2 aromatic rings. The third-order valence-electron chi connectivity index (χ3n) is 3.78. The standard InChI is InChI=1S/C16H16N4O3S/c1-2-7-24-16-18-14-13(15(22)19-16)10(8-12(21)17-14)9-5-3-4-6-11(9)20-23/h3-6,10H,2,7-8H2,1H3,(H2,17,18,19,21,22). The molecule has 0 saturated carbocycles. The monoisotopic (exact) mass is 344 g/mol. The van der Waals surface area contributed by atoms with E-state index in [1.807, 2.05) is 6.92 Å². The Hall–Kier alpha value is -2.48. The minimum absolute atomic E-state index is 0.0751. The number of carbonyl (C=O) groups is 1. The van der Waals surface area contributed by atoms with Gasteiger partial charge in [0.25, 0.3) is 5.56 Å². The van der Waals surface area contributed by atoms with Crippen LogP contribution in [0.5, 0.6) is 0 Å². The molecule has 2 heterocycles. The van der Waals surface area contributed by atoms with Crippen LogP contribution in [0.3, 0.4) is 0 Å². The Morgan fingerprint density at radius 2 is 2.12 bits per heavy atom. The predicted molar refractivity (Wildman–Crippen MR) is 92.9 cm³/mol. The quantitative estimate of drug-likeness (QED) is 0.492. The summed E-state index contributed by atoms with van der Waals surface area (Å²) in [7, 11) is 0. The van der Waals surface area contributed by atoms with Crippen molar-refractivity contribution in [3.8, 4) is 0 Å². The van der Waals surface area contributed by atoms with Gasteiger partial charge in [-0.3, -0.25) is 9.59 Å². The Balaban J connectivity index is 2.11. The third-order valence-corrected chi connectivity index (χ3v) is 4.86. The van der Waals surface area contributed by atoms with Crippen molar-refractivity contribution in [1.29, 1.82) is 0 Å². The Morgan fingerprint density at radius 3 is 2.88 bits per heavy atom. The van der Waals surface area contributed by atoms with Gasteiger partial charge in [0.05, 0.1) is 5.56 Å². The first-order valence-corrected chi connectivity index (χ1v) is 8.61. The summed E-state index contributed by atoms with van der Waals surface area (Å²) in [4.78, 5) is 42.8. The summed E-state index contributed by atoms with van der Waals surface area (Å²) in [6, 6.07) is 6.73. The molecule has 0 aliphatic carbocycles. The molecule has 0 fully saturated rings. The number of carbonyl (C=O) groups excluding carboxylic acids is 1. The molecule has 0 bridgehead atoms. The number of aromatic amines is 1. The number of rotatable bonds is 5. The van der Waals surface area contributed by atoms with E-state index in [2.05, 4.69) is 20.5 Å². The van der Waals surface area contributed by atoms with Crippen LogP contribution in [-0.2, 0) is 4.79 Å². The van der Waals surface area contributed by atoms with E-state index in [-0.39, 0.29) is 29.4 Å². The third kappa shape index (κ3) is 3.09. The van der Waals surface area contributed by atoms with Gasteiger partial charge in [-0.1, -0.05) is 36.9 Å². The summed E-state index contributed by atoms with van der Waals surface area (Å²) in [5.41, 5.74) is 0.854. The minimum Gasteiger partial charge on any atom is -0.310 e. The molecular formula is C16H16N4O3S. The van der Waals surface area contributed by atoms with Crippen molar-refractivity contribution in [2.24, 2.45) is 5.18 Å². The number of benzene rings is 1. The Bertz CT molecular complexity index is 849. The molecule has 0 radical (unpaired) electrons. The normalized spacial score (nSPS) is 16.4. The van der Waals surface area contributed by atoms with Crippen LogP contribution in [0.15, 0.2) is 39.4 Å². The average molecular weight is 344 g/mol. The lowest BCUT2D eigenvalue weighted by Crippen LogP contribution is -2.31. The summed E-state index contributed by atoms with van der Waals surface area (Å²) in [6.07, 6.45) is 1.02. The molecule has 3 rings (SSSR count). The predicted octanol–water partition coefficient (Wildman–Crippen LogP) is 3.14. The first kappa shape index (κ1) is 16.4. The molecule has 1 amide bonds. The van der Waals surface area contributed by atoms with Gasteiger partial charge in [0.2, 0.25) is 5.91 Å². The van der Waals surface area contributed by atoms with E-state index in [1.165, 1.54) is 11.8 Å². The zero-order valence-electron chi connectivity index (χ0n) is 13.0. The molecule has 1 aromatic carbocycles. The van der Waals surface area contributed by atoms with Crippen molar-refractivity contribution in [2.75, 3.05) is 11.1 Å². The number of amides is 1. The largest absolute Gasteiger partial charge is 0.310 e. The van der Waals surface area contributed by atoms with Gasteiger partial charge in [-0.15, -0.1) is 4.91 Å². The SMILES string of the molecule is CCCSc1nc2c(c(=O)[nH]1)C(c1ccccc1N=O)CC(=O)N2. The van der Waals surface area contributed by atoms with Crippen LogP contribution in [-0.4, -0.2) is 21.6 Å². The molecule has 7 nitrogen and oxygen atoms in total. The maximum Gasteiger partial charge on any atom is 0.257 e. The van der Waals surface area contributed by atoms with E-state index in [4.69, 9.17) is 0 Å². The van der Waals surface area contributed by atoms with Crippen molar-refractivity contribution in [2.45, 2.75) is 30.8 Å². The van der Waals surface area contributed by atoms with E-state index in [1.54, 1.807) is 24.3 Å². The molecular weight excluding hydrogens is 328 g/mol. The van der Waals surface area contributed by atoms with Crippen LogP contribution in [0.1, 0.15) is 36.8 Å². The highest BCUT2D eigenvalue weighted by atomic mass is 32.2. The lowest BCUT2D eigenvalue weighted by Gasteiger charge is -2.24. The number of H-pyrrole nitrogens is 1. The number of hydrogen-bond acceptors (Lipinski definition) is 6. The van der Waals surface area contributed by atoms with Gasteiger partial charge in [-0.05, 0) is 23.2 Å². The van der Waals surface area contributed by atoms with Crippen LogP contribution in [0.25, 0.3) is 0 Å². The summed E-state index contributed by atoms with van der Waals surface area (Å²) in [5, 5.41) is 6.15. The summed E-state index contributed by atoms with van der Waals surface area (Å²) < 4.78 is 0. The molecule has 1 unspecified atom stereocenters. The molecule has 0 spiro atoms. The van der Waals surface area contributed by atoms with Crippen molar-refractivity contribution < 1.29 is 4.79 Å². The fraction of sp³-hybridized carbons (Fsp3) is 0.312. The van der Waals surface area contributed by atoms with Gasteiger partial charge in [-0.2, -0.15) is 0 Å². The summed E-state index contributed by atoms with van der Waals surface area (Å²) in [5.74, 6) is 0.304. The average Bonchev–Trinajstić information content (AvgIpc) is 2.58. The zero-order valence-corrected chi connectivity index (χ0v) is 13.9. The van der Waals surface area contributed by atoms with Crippen LogP contribution in [0.2, 0.25) is 0 Å². The lowest BCUT2D eigenvalue weighted by atomic mass is 9.86. The molecule has 1 aromatic heterocycles. The molecule has 8 heteroatoms. The molecule has 0 saturated heterocycles. The van der Waals surface area contributed by atoms with Crippen molar-refractivity contribution in [3.05, 3.63) is 50.7 Å². The van der Waals surface area contributed by atoms with Crippen LogP contribution in [0.4, 0.5) is 11.5 Å². The smallest absolute Gasteiger partial charge is 0.257 e. The van der Waals surface area contributed by atoms with Gasteiger partial charge < -0.3 is 10.3 Å². The molecule has 1 aliphatic heterocycles. The second-order valence-corrected chi connectivity index (χ2v) is 6.52.